The van der Waals surface area contributed by atoms with E-state index in [2.05, 4.69) is 19.2 Å². The van der Waals surface area contributed by atoms with Gasteiger partial charge in [-0.05, 0) is 31.0 Å². The Morgan fingerprint density at radius 2 is 2.18 bits per heavy atom. The topological polar surface area (TPSA) is 49.3 Å². The number of hydrogen-bond acceptors (Lipinski definition) is 2. The molecule has 4 heteroatoms. The van der Waals surface area contributed by atoms with Gasteiger partial charge in [0, 0.05) is 11.7 Å². The molecule has 2 N–H and O–H groups in total. The standard InChI is InChI=1S/C13H18ClNO2/c1-3-5-9(4-2)15-10-6-7-11(13(16)17)12(14)8-10/h6-9,15H,3-5H2,1-2H3,(H,16,17). The molecule has 1 rings (SSSR count). The molecule has 0 amide bonds. The lowest BCUT2D eigenvalue weighted by molar-refractivity contribution is 0.0697. The van der Waals surface area contributed by atoms with E-state index in [9.17, 15) is 4.79 Å². The molecule has 0 bridgehead atoms. The normalized spacial score (nSPS) is 12.2. The largest absolute Gasteiger partial charge is 0.478 e. The highest BCUT2D eigenvalue weighted by molar-refractivity contribution is 6.33. The first-order valence-electron chi connectivity index (χ1n) is 5.87. The number of carbonyl (C=O) groups is 1. The molecule has 0 aromatic heterocycles. The molecule has 0 aliphatic carbocycles. The number of nitrogens with one attached hydrogen (secondary N) is 1. The van der Waals surface area contributed by atoms with Crippen molar-refractivity contribution >= 4 is 23.3 Å². The van der Waals surface area contributed by atoms with Crippen LogP contribution in [-0.4, -0.2) is 17.1 Å². The summed E-state index contributed by atoms with van der Waals surface area (Å²) in [5, 5.41) is 12.5. The third-order valence-electron chi connectivity index (χ3n) is 2.70. The number of carboxylic acid groups (broad SMARTS) is 1. The molecule has 3 nitrogen and oxygen atoms in total. The first kappa shape index (κ1) is 13.8. The van der Waals surface area contributed by atoms with Crippen LogP contribution < -0.4 is 5.32 Å². The summed E-state index contributed by atoms with van der Waals surface area (Å²) >= 11 is 5.91. The Balaban J connectivity index is 2.79. The molecule has 0 saturated heterocycles. The molecule has 94 valence electrons. The second-order valence-corrected chi connectivity index (χ2v) is 4.45. The highest BCUT2D eigenvalue weighted by Gasteiger charge is 2.10. The molecular formula is C13H18ClNO2. The summed E-state index contributed by atoms with van der Waals surface area (Å²) in [5.74, 6) is -0.998. The van der Waals surface area contributed by atoms with Crippen molar-refractivity contribution in [3.05, 3.63) is 28.8 Å². The van der Waals surface area contributed by atoms with Gasteiger partial charge in [-0.1, -0.05) is 31.9 Å². The number of rotatable bonds is 6. The average Bonchev–Trinajstić information content (AvgIpc) is 2.28. The second-order valence-electron chi connectivity index (χ2n) is 4.04. The summed E-state index contributed by atoms with van der Waals surface area (Å²) in [7, 11) is 0. The van der Waals surface area contributed by atoms with Gasteiger partial charge >= 0.3 is 5.97 Å². The van der Waals surface area contributed by atoms with E-state index in [0.29, 0.717) is 6.04 Å². The van der Waals surface area contributed by atoms with Crippen LogP contribution in [0, 0.1) is 0 Å². The van der Waals surface area contributed by atoms with E-state index in [1.807, 2.05) is 0 Å². The van der Waals surface area contributed by atoms with Crippen molar-refractivity contribution in [1.82, 2.24) is 0 Å². The van der Waals surface area contributed by atoms with Crippen molar-refractivity contribution in [2.45, 2.75) is 39.2 Å². The predicted molar refractivity (Wildman–Crippen MR) is 71.0 cm³/mol. The molecule has 0 aliphatic rings. The van der Waals surface area contributed by atoms with E-state index < -0.39 is 5.97 Å². The highest BCUT2D eigenvalue weighted by atomic mass is 35.5. The van der Waals surface area contributed by atoms with Gasteiger partial charge in [-0.15, -0.1) is 0 Å². The van der Waals surface area contributed by atoms with Gasteiger partial charge in [-0.2, -0.15) is 0 Å². The average molecular weight is 256 g/mol. The maximum Gasteiger partial charge on any atom is 0.337 e. The molecule has 1 atom stereocenters. The zero-order chi connectivity index (χ0) is 12.8. The van der Waals surface area contributed by atoms with Gasteiger partial charge in [0.15, 0.2) is 0 Å². The first-order chi connectivity index (χ1) is 8.08. The fourth-order valence-electron chi connectivity index (χ4n) is 1.74. The maximum atomic E-state index is 10.8. The van der Waals surface area contributed by atoms with Crippen LogP contribution in [0.25, 0.3) is 0 Å². The minimum absolute atomic E-state index is 0.140. The smallest absolute Gasteiger partial charge is 0.337 e. The Bertz CT molecular complexity index is 393. The fraction of sp³-hybridized carbons (Fsp3) is 0.462. The number of anilines is 1. The third kappa shape index (κ3) is 3.93. The van der Waals surface area contributed by atoms with E-state index in [1.54, 1.807) is 12.1 Å². The third-order valence-corrected chi connectivity index (χ3v) is 3.01. The van der Waals surface area contributed by atoms with Crippen LogP contribution in [-0.2, 0) is 0 Å². The lowest BCUT2D eigenvalue weighted by atomic mass is 10.1. The van der Waals surface area contributed by atoms with Crippen LogP contribution in [0.3, 0.4) is 0 Å². The van der Waals surface area contributed by atoms with E-state index in [-0.39, 0.29) is 10.6 Å². The number of aromatic carboxylic acids is 1. The zero-order valence-corrected chi connectivity index (χ0v) is 10.9. The Labute approximate surface area is 107 Å². The lowest BCUT2D eigenvalue weighted by Crippen LogP contribution is -2.18. The minimum atomic E-state index is -0.998. The van der Waals surface area contributed by atoms with Crippen LogP contribution in [0.2, 0.25) is 5.02 Å². The van der Waals surface area contributed by atoms with Crippen molar-refractivity contribution < 1.29 is 9.90 Å². The highest BCUT2D eigenvalue weighted by Crippen LogP contribution is 2.22. The van der Waals surface area contributed by atoms with Gasteiger partial charge < -0.3 is 10.4 Å². The maximum absolute atomic E-state index is 10.8. The molecule has 0 spiro atoms. The van der Waals surface area contributed by atoms with E-state index in [1.165, 1.54) is 6.07 Å². The van der Waals surface area contributed by atoms with Crippen LogP contribution >= 0.6 is 11.6 Å². The van der Waals surface area contributed by atoms with Crippen molar-refractivity contribution in [3.63, 3.8) is 0 Å². The Hall–Kier alpha value is -1.22. The van der Waals surface area contributed by atoms with Crippen LogP contribution in [0.4, 0.5) is 5.69 Å². The SMILES string of the molecule is CCCC(CC)Nc1ccc(C(=O)O)c(Cl)c1. The zero-order valence-electron chi connectivity index (χ0n) is 10.2. The molecule has 17 heavy (non-hydrogen) atoms. The van der Waals surface area contributed by atoms with Crippen LogP contribution in [0.5, 0.6) is 0 Å². The van der Waals surface area contributed by atoms with Gasteiger partial charge in [0.05, 0.1) is 10.6 Å². The van der Waals surface area contributed by atoms with Crippen molar-refractivity contribution in [3.8, 4) is 0 Å². The predicted octanol–water partition coefficient (Wildman–Crippen LogP) is 4.03. The minimum Gasteiger partial charge on any atom is -0.478 e. The Morgan fingerprint density at radius 1 is 1.47 bits per heavy atom. The summed E-state index contributed by atoms with van der Waals surface area (Å²) in [6.45, 7) is 4.27. The van der Waals surface area contributed by atoms with Gasteiger partial charge in [-0.3, -0.25) is 0 Å². The molecule has 0 heterocycles. The van der Waals surface area contributed by atoms with E-state index >= 15 is 0 Å². The van der Waals surface area contributed by atoms with Crippen LogP contribution in [0.15, 0.2) is 18.2 Å². The summed E-state index contributed by atoms with van der Waals surface area (Å²) in [6, 6.07) is 5.37. The van der Waals surface area contributed by atoms with E-state index in [0.717, 1.165) is 24.9 Å². The van der Waals surface area contributed by atoms with Gasteiger partial charge in [0.2, 0.25) is 0 Å². The van der Waals surface area contributed by atoms with Gasteiger partial charge in [0.25, 0.3) is 0 Å². The Kier molecular flexibility index (Phi) is 5.29. The van der Waals surface area contributed by atoms with Crippen molar-refractivity contribution in [2.24, 2.45) is 0 Å². The summed E-state index contributed by atoms with van der Waals surface area (Å²) in [6.07, 6.45) is 3.24. The second kappa shape index (κ2) is 6.50. The molecule has 1 aromatic rings. The van der Waals surface area contributed by atoms with Crippen molar-refractivity contribution in [2.75, 3.05) is 5.32 Å². The number of hydrogen-bond donors (Lipinski definition) is 2. The lowest BCUT2D eigenvalue weighted by Gasteiger charge is -2.17. The molecule has 0 radical (unpaired) electrons. The van der Waals surface area contributed by atoms with Crippen molar-refractivity contribution in [1.29, 1.82) is 0 Å². The summed E-state index contributed by atoms with van der Waals surface area (Å²) in [4.78, 5) is 10.8. The molecule has 0 aliphatic heterocycles. The molecule has 1 aromatic carbocycles. The molecule has 0 saturated carbocycles. The number of benzene rings is 1. The number of halogens is 1. The molecule has 0 fully saturated rings. The van der Waals surface area contributed by atoms with Gasteiger partial charge in [-0.25, -0.2) is 4.79 Å². The molecular weight excluding hydrogens is 238 g/mol. The quantitative estimate of drug-likeness (QED) is 0.807. The fourth-order valence-corrected chi connectivity index (χ4v) is 2.00. The summed E-state index contributed by atoms with van der Waals surface area (Å²) in [5.41, 5.74) is 1.01. The number of carboxylic acids is 1. The first-order valence-corrected chi connectivity index (χ1v) is 6.25. The van der Waals surface area contributed by atoms with Crippen LogP contribution in [0.1, 0.15) is 43.5 Å². The molecule has 1 unspecified atom stereocenters. The summed E-state index contributed by atoms with van der Waals surface area (Å²) < 4.78 is 0. The monoisotopic (exact) mass is 255 g/mol. The Morgan fingerprint density at radius 3 is 2.65 bits per heavy atom. The van der Waals surface area contributed by atoms with E-state index in [4.69, 9.17) is 16.7 Å². The van der Waals surface area contributed by atoms with Gasteiger partial charge in [0.1, 0.15) is 0 Å².